The van der Waals surface area contributed by atoms with Gasteiger partial charge in [-0.25, -0.2) is 14.4 Å². The van der Waals surface area contributed by atoms with Crippen molar-refractivity contribution in [1.29, 1.82) is 5.26 Å². The third kappa shape index (κ3) is 3.96. The summed E-state index contributed by atoms with van der Waals surface area (Å²) >= 11 is 0. The Kier molecular flexibility index (Phi) is 5.91. The molecule has 1 atom stereocenters. The maximum absolute atomic E-state index is 14.1. The molecule has 0 amide bonds. The Morgan fingerprint density at radius 3 is 2.73 bits per heavy atom. The van der Waals surface area contributed by atoms with E-state index in [2.05, 4.69) is 21.1 Å². The van der Waals surface area contributed by atoms with Gasteiger partial charge in [0.25, 0.3) is 5.88 Å². The molecule has 9 nitrogen and oxygen atoms in total. The average Bonchev–Trinajstić information content (AvgIpc) is 3.10. The third-order valence-electron chi connectivity index (χ3n) is 5.49. The van der Waals surface area contributed by atoms with E-state index in [4.69, 9.17) is 19.9 Å². The molecule has 2 N–H and O–H groups in total. The van der Waals surface area contributed by atoms with E-state index in [1.807, 2.05) is 13.8 Å². The summed E-state index contributed by atoms with van der Waals surface area (Å²) in [6, 6.07) is 6.45. The molecule has 2 aromatic heterocycles. The van der Waals surface area contributed by atoms with Gasteiger partial charge in [0.1, 0.15) is 29.4 Å². The van der Waals surface area contributed by atoms with Crippen LogP contribution in [0.3, 0.4) is 0 Å². The highest BCUT2D eigenvalue weighted by atomic mass is 19.1. The molecule has 1 spiro atoms. The molecule has 1 aromatic carbocycles. The molecule has 172 valence electrons. The summed E-state index contributed by atoms with van der Waals surface area (Å²) in [4.78, 5) is 8.73. The Balaban J connectivity index is 0.00000126. The van der Waals surface area contributed by atoms with Crippen LogP contribution < -0.4 is 15.2 Å². The van der Waals surface area contributed by atoms with Crippen LogP contribution in [0.25, 0.3) is 11.3 Å². The minimum absolute atomic E-state index is 0.0827. The molecule has 10 heteroatoms. The van der Waals surface area contributed by atoms with E-state index in [0.29, 0.717) is 53.6 Å². The molecule has 33 heavy (non-hydrogen) atoms. The Bertz CT molecular complexity index is 1230. The van der Waals surface area contributed by atoms with Crippen LogP contribution in [-0.2, 0) is 18.2 Å². The summed E-state index contributed by atoms with van der Waals surface area (Å²) in [5.74, 6) is 0.223. The van der Waals surface area contributed by atoms with Gasteiger partial charge in [0.05, 0.1) is 36.4 Å². The lowest BCUT2D eigenvalue weighted by Gasteiger charge is -2.42. The molecule has 4 heterocycles. The number of aryl methyl sites for hydroxylation is 1. The zero-order valence-corrected chi connectivity index (χ0v) is 18.9. The summed E-state index contributed by atoms with van der Waals surface area (Å²) in [5, 5.41) is 14.3. The van der Waals surface area contributed by atoms with Gasteiger partial charge in [-0.3, -0.25) is 4.68 Å². The van der Waals surface area contributed by atoms with Gasteiger partial charge >= 0.3 is 0 Å². The van der Waals surface area contributed by atoms with Crippen molar-refractivity contribution in [2.45, 2.75) is 38.9 Å². The summed E-state index contributed by atoms with van der Waals surface area (Å²) in [7, 11) is 1.69. The zero-order valence-electron chi connectivity index (χ0n) is 18.9. The van der Waals surface area contributed by atoms with Crippen molar-refractivity contribution < 1.29 is 18.6 Å². The van der Waals surface area contributed by atoms with Gasteiger partial charge in [0.15, 0.2) is 11.4 Å². The normalized spacial score (nSPS) is 17.9. The van der Waals surface area contributed by atoms with E-state index < -0.39 is 17.5 Å². The van der Waals surface area contributed by atoms with Crippen LogP contribution in [0.15, 0.2) is 24.4 Å². The number of nitrogen functional groups attached to an aromatic ring is 1. The van der Waals surface area contributed by atoms with Gasteiger partial charge in [0.2, 0.25) is 0 Å². The molecule has 1 unspecified atom stereocenters. The standard InChI is InChI=1S/C21H19FN6O3.C2H6/c1-11-13-5-12(22)3-4-17(13)31-21(9-29-10-21)6-14-18(16(7-23)28(2)27-14)15-8-25-19(24)20(26-15)30-11;1-2/h3-5,8,11H,6,9-10H2,1-2H3,(H2,24,25);1-2H3. The number of nitriles is 1. The minimum Gasteiger partial charge on any atom is -0.482 e. The van der Waals surface area contributed by atoms with Crippen LogP contribution in [0.5, 0.6) is 11.6 Å². The van der Waals surface area contributed by atoms with Crippen molar-refractivity contribution in [3.63, 3.8) is 0 Å². The molecule has 0 aliphatic carbocycles. The van der Waals surface area contributed by atoms with Crippen molar-refractivity contribution in [2.75, 3.05) is 18.9 Å². The number of nitrogens with two attached hydrogens (primary N) is 1. The minimum atomic E-state index is -0.717. The van der Waals surface area contributed by atoms with Crippen molar-refractivity contribution in [3.8, 4) is 29.0 Å². The Hall–Kier alpha value is -3.71. The van der Waals surface area contributed by atoms with Gasteiger partial charge in [-0.2, -0.15) is 10.4 Å². The second-order valence-corrected chi connectivity index (χ2v) is 7.75. The van der Waals surface area contributed by atoms with Gasteiger partial charge in [-0.15, -0.1) is 0 Å². The predicted octanol–water partition coefficient (Wildman–Crippen LogP) is 3.34. The summed E-state index contributed by atoms with van der Waals surface area (Å²) < 4.78 is 33.4. The van der Waals surface area contributed by atoms with Gasteiger partial charge in [-0.1, -0.05) is 13.8 Å². The van der Waals surface area contributed by atoms with E-state index in [0.717, 1.165) is 0 Å². The van der Waals surface area contributed by atoms with Gasteiger partial charge < -0.3 is 19.9 Å². The highest BCUT2D eigenvalue weighted by Crippen LogP contribution is 2.39. The first-order valence-corrected chi connectivity index (χ1v) is 10.7. The van der Waals surface area contributed by atoms with Crippen LogP contribution in [0.4, 0.5) is 10.2 Å². The molecule has 2 bridgehead atoms. The van der Waals surface area contributed by atoms with E-state index in [9.17, 15) is 9.65 Å². The fourth-order valence-electron chi connectivity index (χ4n) is 3.92. The van der Waals surface area contributed by atoms with Crippen LogP contribution in [0.2, 0.25) is 0 Å². The number of halogens is 1. The van der Waals surface area contributed by atoms with Gasteiger partial charge in [0, 0.05) is 19.0 Å². The molecule has 3 aromatic rings. The van der Waals surface area contributed by atoms with Crippen LogP contribution in [0.1, 0.15) is 43.8 Å². The van der Waals surface area contributed by atoms with Crippen molar-refractivity contribution >= 4 is 5.82 Å². The molecule has 5 rings (SSSR count). The van der Waals surface area contributed by atoms with Crippen molar-refractivity contribution in [3.05, 3.63) is 47.2 Å². The second-order valence-electron chi connectivity index (χ2n) is 7.75. The monoisotopic (exact) mass is 452 g/mol. The first-order valence-electron chi connectivity index (χ1n) is 10.7. The summed E-state index contributed by atoms with van der Waals surface area (Å²) in [5.41, 5.74) is 7.69. The largest absolute Gasteiger partial charge is 0.482 e. The van der Waals surface area contributed by atoms with Crippen LogP contribution in [0, 0.1) is 17.1 Å². The quantitative estimate of drug-likeness (QED) is 0.551. The summed E-state index contributed by atoms with van der Waals surface area (Å²) in [6.07, 6.45) is 1.22. The first-order chi connectivity index (χ1) is 15.9. The van der Waals surface area contributed by atoms with Crippen LogP contribution in [-0.4, -0.2) is 38.6 Å². The molecular weight excluding hydrogens is 427 g/mol. The fraction of sp³-hybridized carbons (Fsp3) is 0.391. The molecule has 1 fully saturated rings. The second kappa shape index (κ2) is 8.67. The number of anilines is 1. The number of hydrogen-bond donors (Lipinski definition) is 1. The SMILES string of the molecule is CC.CC1Oc2nc(cnc2N)-c2c(nn(C)c2C#N)CC2(COC2)Oc2ccc(F)cc21. The zero-order chi connectivity index (χ0) is 23.8. The number of aromatic nitrogens is 4. The molecule has 0 radical (unpaired) electrons. The number of hydrogen-bond acceptors (Lipinski definition) is 8. The first kappa shape index (κ1) is 22.5. The van der Waals surface area contributed by atoms with E-state index in [1.165, 1.54) is 23.0 Å². The van der Waals surface area contributed by atoms with E-state index in [-0.39, 0.29) is 11.7 Å². The highest BCUT2D eigenvalue weighted by molar-refractivity contribution is 5.69. The van der Waals surface area contributed by atoms with Crippen molar-refractivity contribution in [2.24, 2.45) is 7.05 Å². The number of ether oxygens (including phenoxy) is 3. The van der Waals surface area contributed by atoms with Crippen molar-refractivity contribution in [1.82, 2.24) is 19.7 Å². The Labute approximate surface area is 190 Å². The Morgan fingerprint density at radius 1 is 1.30 bits per heavy atom. The third-order valence-corrected chi connectivity index (χ3v) is 5.49. The summed E-state index contributed by atoms with van der Waals surface area (Å²) in [6.45, 7) is 6.41. The number of fused-ring (bicyclic) bond motifs is 5. The van der Waals surface area contributed by atoms with E-state index in [1.54, 1.807) is 20.0 Å². The molecule has 0 saturated carbocycles. The molecular formula is C23H25FN6O3. The maximum Gasteiger partial charge on any atom is 0.258 e. The molecule has 2 aliphatic rings. The van der Waals surface area contributed by atoms with Crippen LogP contribution >= 0.6 is 0 Å². The number of rotatable bonds is 0. The maximum atomic E-state index is 14.1. The number of benzene rings is 1. The van der Waals surface area contributed by atoms with E-state index >= 15 is 0 Å². The molecule has 1 saturated heterocycles. The average molecular weight is 452 g/mol. The Morgan fingerprint density at radius 2 is 2.06 bits per heavy atom. The smallest absolute Gasteiger partial charge is 0.258 e. The highest BCUT2D eigenvalue weighted by Gasteiger charge is 2.44. The fourth-order valence-corrected chi connectivity index (χ4v) is 3.92. The number of nitrogens with zero attached hydrogens (tertiary/aromatic N) is 5. The lowest BCUT2D eigenvalue weighted by molar-refractivity contribution is -0.161. The predicted molar refractivity (Wildman–Crippen MR) is 118 cm³/mol. The lowest BCUT2D eigenvalue weighted by Crippen LogP contribution is -2.56. The van der Waals surface area contributed by atoms with Gasteiger partial charge in [-0.05, 0) is 25.1 Å². The topological polar surface area (TPSA) is 121 Å². The molecule has 2 aliphatic heterocycles. The lowest BCUT2D eigenvalue weighted by atomic mass is 9.92.